The molecule has 3 aromatic rings. The van der Waals surface area contributed by atoms with Gasteiger partial charge < -0.3 is 9.47 Å². The molecule has 0 radical (unpaired) electrons. The summed E-state index contributed by atoms with van der Waals surface area (Å²) in [6.07, 6.45) is 9.84. The molecule has 4 rings (SSSR count). The number of aromatic nitrogens is 3. The van der Waals surface area contributed by atoms with Gasteiger partial charge in [-0.15, -0.1) is 0 Å². The molecule has 1 aliphatic carbocycles. The molecule has 32 heavy (non-hydrogen) atoms. The predicted octanol–water partition coefficient (Wildman–Crippen LogP) is 6.12. The van der Waals surface area contributed by atoms with Crippen molar-refractivity contribution >= 4 is 30.0 Å². The van der Waals surface area contributed by atoms with Gasteiger partial charge in [0.2, 0.25) is 0 Å². The highest BCUT2D eigenvalue weighted by Gasteiger charge is 2.28. The lowest BCUT2D eigenvalue weighted by Gasteiger charge is -2.33. The van der Waals surface area contributed by atoms with Crippen LogP contribution in [0.1, 0.15) is 44.7 Å². The van der Waals surface area contributed by atoms with Crippen LogP contribution in [-0.4, -0.2) is 35.8 Å². The van der Waals surface area contributed by atoms with Crippen LogP contribution in [0.25, 0.3) is 21.9 Å². The van der Waals surface area contributed by atoms with E-state index < -0.39 is 8.07 Å². The molecule has 170 valence electrons. The lowest BCUT2D eigenvalue weighted by molar-refractivity contribution is 0.0925. The number of nitrogens with zero attached hydrogens (tertiary/aromatic N) is 4. The fourth-order valence-corrected chi connectivity index (χ4v) is 5.27. The molecule has 3 aromatic heterocycles. The first-order chi connectivity index (χ1) is 15.3. The summed E-state index contributed by atoms with van der Waals surface area (Å²) in [4.78, 5) is 8.98. The van der Waals surface area contributed by atoms with Gasteiger partial charge in [-0.3, -0.25) is 4.57 Å². The van der Waals surface area contributed by atoms with E-state index in [2.05, 4.69) is 47.2 Å². The lowest BCUT2D eigenvalue weighted by Crippen LogP contribution is -2.27. The van der Waals surface area contributed by atoms with E-state index in [1.54, 1.807) is 12.4 Å². The second kappa shape index (κ2) is 9.20. The molecular formula is C25H34N4O2Si. The van der Waals surface area contributed by atoms with Crippen molar-refractivity contribution in [3.8, 4) is 11.8 Å². The van der Waals surface area contributed by atoms with Crippen molar-refractivity contribution in [1.29, 1.82) is 5.26 Å². The number of hydrogen-bond acceptors (Lipinski definition) is 5. The molecule has 0 aliphatic heterocycles. The van der Waals surface area contributed by atoms with E-state index >= 15 is 0 Å². The molecule has 0 amide bonds. The van der Waals surface area contributed by atoms with Crippen molar-refractivity contribution < 1.29 is 9.47 Å². The van der Waals surface area contributed by atoms with Gasteiger partial charge in [-0.1, -0.05) is 45.8 Å². The third-order valence-electron chi connectivity index (χ3n) is 6.56. The summed E-state index contributed by atoms with van der Waals surface area (Å²) in [6, 6.07) is 7.06. The zero-order valence-corrected chi connectivity index (χ0v) is 20.8. The Morgan fingerprint density at radius 3 is 2.69 bits per heavy atom. The summed E-state index contributed by atoms with van der Waals surface area (Å²) >= 11 is 0. The summed E-state index contributed by atoms with van der Waals surface area (Å²) in [5.74, 6) is 0.822. The SMILES string of the molecule is CC1(COc2ccnc3c2c2cc(C#N)ncc2n3COCC[Si](C)(C)C)CCCCC1. The number of hydrogen-bond donors (Lipinski definition) is 0. The van der Waals surface area contributed by atoms with Gasteiger partial charge in [0.1, 0.15) is 29.9 Å². The standard InChI is InChI=1S/C25H34N4O2Si/c1-25(9-6-5-7-10-25)17-31-22-8-11-27-24-23(22)20-14-19(15-26)28-16-21(20)29(24)18-30-12-13-32(2,3)4/h8,11,14,16H,5-7,9-10,12-13,17-18H2,1-4H3. The van der Waals surface area contributed by atoms with Gasteiger partial charge in [-0.2, -0.15) is 5.26 Å². The molecule has 0 unspecified atom stereocenters. The molecule has 7 heteroatoms. The van der Waals surface area contributed by atoms with E-state index in [0.717, 1.165) is 40.3 Å². The van der Waals surface area contributed by atoms with Crippen LogP contribution >= 0.6 is 0 Å². The third kappa shape index (κ3) is 4.97. The largest absolute Gasteiger partial charge is 0.492 e. The summed E-state index contributed by atoms with van der Waals surface area (Å²) in [5.41, 5.74) is 2.34. The van der Waals surface area contributed by atoms with Crippen molar-refractivity contribution in [2.75, 3.05) is 13.2 Å². The van der Waals surface area contributed by atoms with Crippen LogP contribution < -0.4 is 4.74 Å². The van der Waals surface area contributed by atoms with Crippen molar-refractivity contribution in [1.82, 2.24) is 14.5 Å². The molecule has 0 N–H and O–H groups in total. The lowest BCUT2D eigenvalue weighted by atomic mass is 9.76. The number of nitriles is 1. The summed E-state index contributed by atoms with van der Waals surface area (Å²) in [6.45, 7) is 11.2. The monoisotopic (exact) mass is 450 g/mol. The average Bonchev–Trinajstić information content (AvgIpc) is 3.08. The maximum absolute atomic E-state index is 9.42. The van der Waals surface area contributed by atoms with Crippen LogP contribution in [-0.2, 0) is 11.5 Å². The van der Waals surface area contributed by atoms with Crippen molar-refractivity contribution in [3.63, 3.8) is 0 Å². The van der Waals surface area contributed by atoms with Gasteiger partial charge >= 0.3 is 0 Å². The number of rotatable bonds is 8. The van der Waals surface area contributed by atoms with E-state index in [1.165, 1.54) is 32.1 Å². The fraction of sp³-hybridized carbons (Fsp3) is 0.560. The minimum Gasteiger partial charge on any atom is -0.492 e. The quantitative estimate of drug-likeness (QED) is 0.305. The number of pyridine rings is 2. The highest BCUT2D eigenvalue weighted by Crippen LogP contribution is 2.39. The molecule has 3 heterocycles. The predicted molar refractivity (Wildman–Crippen MR) is 131 cm³/mol. The third-order valence-corrected chi connectivity index (χ3v) is 8.26. The Morgan fingerprint density at radius 1 is 1.19 bits per heavy atom. The van der Waals surface area contributed by atoms with Gasteiger partial charge in [-0.25, -0.2) is 9.97 Å². The minimum absolute atomic E-state index is 0.214. The van der Waals surface area contributed by atoms with Crippen molar-refractivity contribution in [3.05, 3.63) is 30.2 Å². The van der Waals surface area contributed by atoms with Crippen LogP contribution in [0.5, 0.6) is 5.75 Å². The van der Waals surface area contributed by atoms with Gasteiger partial charge in [0.25, 0.3) is 0 Å². The smallest absolute Gasteiger partial charge is 0.146 e. The van der Waals surface area contributed by atoms with Crippen LogP contribution in [0, 0.1) is 16.7 Å². The Hall–Kier alpha value is -2.43. The maximum atomic E-state index is 9.42. The Kier molecular flexibility index (Phi) is 6.54. The molecule has 0 saturated heterocycles. The summed E-state index contributed by atoms with van der Waals surface area (Å²) < 4.78 is 14.6. The Labute approximate surface area is 191 Å². The van der Waals surface area contributed by atoms with E-state index in [0.29, 0.717) is 19.0 Å². The Balaban J connectivity index is 1.69. The molecular weight excluding hydrogens is 416 g/mol. The van der Waals surface area contributed by atoms with Gasteiger partial charge in [-0.05, 0) is 31.0 Å². The Morgan fingerprint density at radius 2 is 1.97 bits per heavy atom. The van der Waals surface area contributed by atoms with E-state index in [-0.39, 0.29) is 5.41 Å². The Bertz CT molecular complexity index is 1140. The number of fused-ring (bicyclic) bond motifs is 3. The molecule has 1 saturated carbocycles. The molecule has 1 aliphatic rings. The normalized spacial score (nSPS) is 16.3. The maximum Gasteiger partial charge on any atom is 0.146 e. The molecule has 0 bridgehead atoms. The van der Waals surface area contributed by atoms with Crippen molar-refractivity contribution in [2.45, 2.75) is 71.4 Å². The van der Waals surface area contributed by atoms with Gasteiger partial charge in [0.15, 0.2) is 0 Å². The van der Waals surface area contributed by atoms with Crippen LogP contribution in [0.4, 0.5) is 0 Å². The summed E-state index contributed by atoms with van der Waals surface area (Å²) in [7, 11) is -1.16. The zero-order chi connectivity index (χ0) is 22.8. The molecule has 6 nitrogen and oxygen atoms in total. The minimum atomic E-state index is -1.16. The van der Waals surface area contributed by atoms with Crippen LogP contribution in [0.2, 0.25) is 25.7 Å². The average molecular weight is 451 g/mol. The molecule has 0 spiro atoms. The fourth-order valence-electron chi connectivity index (χ4n) is 4.52. The van der Waals surface area contributed by atoms with E-state index in [4.69, 9.17) is 9.47 Å². The number of ether oxygens (including phenoxy) is 2. The highest BCUT2D eigenvalue weighted by molar-refractivity contribution is 6.76. The highest BCUT2D eigenvalue weighted by atomic mass is 28.3. The first kappa shape index (κ1) is 22.7. The van der Waals surface area contributed by atoms with E-state index in [1.807, 2.05) is 12.1 Å². The van der Waals surface area contributed by atoms with Crippen LogP contribution in [0.15, 0.2) is 24.5 Å². The summed E-state index contributed by atoms with van der Waals surface area (Å²) in [5, 5.41) is 11.3. The zero-order valence-electron chi connectivity index (χ0n) is 19.8. The first-order valence-electron chi connectivity index (χ1n) is 11.7. The molecule has 0 atom stereocenters. The molecule has 1 fully saturated rings. The van der Waals surface area contributed by atoms with Gasteiger partial charge in [0, 0.05) is 31.7 Å². The first-order valence-corrected chi connectivity index (χ1v) is 15.4. The van der Waals surface area contributed by atoms with Crippen molar-refractivity contribution in [2.24, 2.45) is 5.41 Å². The second-order valence-corrected chi connectivity index (χ2v) is 16.3. The second-order valence-electron chi connectivity index (χ2n) is 10.6. The van der Waals surface area contributed by atoms with E-state index in [9.17, 15) is 5.26 Å². The van der Waals surface area contributed by atoms with Crippen LogP contribution in [0.3, 0.4) is 0 Å². The van der Waals surface area contributed by atoms with Gasteiger partial charge in [0.05, 0.1) is 23.7 Å². The topological polar surface area (TPSA) is 73.0 Å². The molecule has 0 aromatic carbocycles.